The number of amides is 2. The standard InChI is InChI=1S/C22H33N3O2/c1-2-23(18-21(26)25-16-8-3-4-9-17-25)22(27)19-12-6-7-13-20(19)24-14-10-5-11-15-24/h6-7,12-13H,2-5,8-11,14-18H2,1H3. The van der Waals surface area contributed by atoms with Crippen molar-refractivity contribution in [3.8, 4) is 0 Å². The third-order valence-electron chi connectivity index (χ3n) is 5.79. The van der Waals surface area contributed by atoms with Crippen LogP contribution in [0.3, 0.4) is 0 Å². The van der Waals surface area contributed by atoms with E-state index in [1.807, 2.05) is 36.1 Å². The van der Waals surface area contributed by atoms with Gasteiger partial charge in [-0.1, -0.05) is 25.0 Å². The molecule has 2 saturated heterocycles. The Morgan fingerprint density at radius 2 is 1.48 bits per heavy atom. The van der Waals surface area contributed by atoms with Crippen LogP contribution in [0.25, 0.3) is 0 Å². The van der Waals surface area contributed by atoms with E-state index in [0.29, 0.717) is 6.54 Å². The van der Waals surface area contributed by atoms with Gasteiger partial charge in [-0.15, -0.1) is 0 Å². The molecule has 0 N–H and O–H groups in total. The first-order valence-electron chi connectivity index (χ1n) is 10.6. The smallest absolute Gasteiger partial charge is 0.256 e. The van der Waals surface area contributed by atoms with Crippen molar-refractivity contribution in [1.29, 1.82) is 0 Å². The lowest BCUT2D eigenvalue weighted by atomic mass is 10.1. The van der Waals surface area contributed by atoms with Crippen LogP contribution >= 0.6 is 0 Å². The second-order valence-corrected chi connectivity index (χ2v) is 7.68. The molecule has 3 rings (SSSR count). The van der Waals surface area contributed by atoms with E-state index < -0.39 is 0 Å². The van der Waals surface area contributed by atoms with Gasteiger partial charge in [-0.2, -0.15) is 0 Å². The van der Waals surface area contributed by atoms with Gasteiger partial charge in [-0.3, -0.25) is 9.59 Å². The molecular weight excluding hydrogens is 338 g/mol. The van der Waals surface area contributed by atoms with Crippen LogP contribution in [0.15, 0.2) is 24.3 Å². The fraction of sp³-hybridized carbons (Fsp3) is 0.636. The number of piperidine rings is 1. The minimum atomic E-state index is -0.0261. The molecule has 148 valence electrons. The monoisotopic (exact) mass is 371 g/mol. The average Bonchev–Trinajstić information content (AvgIpc) is 3.01. The van der Waals surface area contributed by atoms with Crippen molar-refractivity contribution in [3.63, 3.8) is 0 Å². The van der Waals surface area contributed by atoms with Gasteiger partial charge in [0.25, 0.3) is 5.91 Å². The molecule has 0 unspecified atom stereocenters. The van der Waals surface area contributed by atoms with E-state index in [-0.39, 0.29) is 18.4 Å². The first-order valence-corrected chi connectivity index (χ1v) is 10.6. The largest absolute Gasteiger partial charge is 0.371 e. The molecule has 27 heavy (non-hydrogen) atoms. The van der Waals surface area contributed by atoms with Crippen LogP contribution in [0.2, 0.25) is 0 Å². The summed E-state index contributed by atoms with van der Waals surface area (Å²) in [6.45, 7) is 6.35. The number of carbonyl (C=O) groups excluding carboxylic acids is 2. The summed E-state index contributed by atoms with van der Waals surface area (Å²) in [5, 5.41) is 0. The summed E-state index contributed by atoms with van der Waals surface area (Å²) < 4.78 is 0. The maximum atomic E-state index is 13.3. The van der Waals surface area contributed by atoms with E-state index in [9.17, 15) is 9.59 Å². The van der Waals surface area contributed by atoms with Crippen molar-refractivity contribution >= 4 is 17.5 Å². The fourth-order valence-corrected chi connectivity index (χ4v) is 4.15. The van der Waals surface area contributed by atoms with E-state index >= 15 is 0 Å². The molecule has 2 heterocycles. The van der Waals surface area contributed by atoms with E-state index in [2.05, 4.69) is 4.90 Å². The molecule has 2 aliphatic rings. The predicted octanol–water partition coefficient (Wildman–Crippen LogP) is 3.54. The summed E-state index contributed by atoms with van der Waals surface area (Å²) in [4.78, 5) is 32.0. The number of hydrogen-bond acceptors (Lipinski definition) is 3. The molecule has 2 fully saturated rings. The lowest BCUT2D eigenvalue weighted by Crippen LogP contribution is -2.43. The van der Waals surface area contributed by atoms with Gasteiger partial charge >= 0.3 is 0 Å². The molecule has 0 radical (unpaired) electrons. The van der Waals surface area contributed by atoms with Crippen molar-refractivity contribution in [2.75, 3.05) is 44.2 Å². The molecule has 2 aliphatic heterocycles. The summed E-state index contributed by atoms with van der Waals surface area (Å²) in [7, 11) is 0. The van der Waals surface area contributed by atoms with Gasteiger partial charge in [0.2, 0.25) is 5.91 Å². The van der Waals surface area contributed by atoms with Gasteiger partial charge in [-0.25, -0.2) is 0 Å². The molecule has 2 amide bonds. The Bertz CT molecular complexity index is 632. The van der Waals surface area contributed by atoms with Gasteiger partial charge in [0.1, 0.15) is 6.54 Å². The number of para-hydroxylation sites is 1. The van der Waals surface area contributed by atoms with Crippen LogP contribution in [0.4, 0.5) is 5.69 Å². The van der Waals surface area contributed by atoms with Crippen molar-refractivity contribution in [2.24, 2.45) is 0 Å². The van der Waals surface area contributed by atoms with Gasteiger partial charge in [0, 0.05) is 38.4 Å². The summed E-state index contributed by atoms with van der Waals surface area (Å²) in [6, 6.07) is 7.87. The van der Waals surface area contributed by atoms with Crippen LogP contribution in [0, 0.1) is 0 Å². The summed E-state index contributed by atoms with van der Waals surface area (Å²) in [5.74, 6) is 0.0596. The van der Waals surface area contributed by atoms with Gasteiger partial charge in [-0.05, 0) is 51.2 Å². The van der Waals surface area contributed by atoms with Crippen LogP contribution in [0.5, 0.6) is 0 Å². The Morgan fingerprint density at radius 1 is 0.889 bits per heavy atom. The van der Waals surface area contributed by atoms with Crippen molar-refractivity contribution in [3.05, 3.63) is 29.8 Å². The molecule has 0 aliphatic carbocycles. The molecular formula is C22H33N3O2. The van der Waals surface area contributed by atoms with Crippen molar-refractivity contribution in [2.45, 2.75) is 51.9 Å². The number of benzene rings is 1. The van der Waals surface area contributed by atoms with Crippen LogP contribution in [0.1, 0.15) is 62.2 Å². The van der Waals surface area contributed by atoms with E-state index in [1.165, 1.54) is 32.1 Å². The minimum Gasteiger partial charge on any atom is -0.371 e. The molecule has 0 bridgehead atoms. The predicted molar refractivity (Wildman–Crippen MR) is 109 cm³/mol. The maximum absolute atomic E-state index is 13.3. The summed E-state index contributed by atoms with van der Waals surface area (Å²) >= 11 is 0. The highest BCUT2D eigenvalue weighted by Crippen LogP contribution is 2.25. The first kappa shape index (κ1) is 19.7. The third kappa shape index (κ3) is 5.02. The van der Waals surface area contributed by atoms with Gasteiger partial charge in [0.05, 0.1) is 5.56 Å². The molecule has 0 spiro atoms. The molecule has 1 aromatic carbocycles. The van der Waals surface area contributed by atoms with Crippen LogP contribution < -0.4 is 4.90 Å². The first-order chi connectivity index (χ1) is 13.2. The lowest BCUT2D eigenvalue weighted by molar-refractivity contribution is -0.131. The molecule has 5 nitrogen and oxygen atoms in total. The van der Waals surface area contributed by atoms with Gasteiger partial charge < -0.3 is 14.7 Å². The zero-order valence-corrected chi connectivity index (χ0v) is 16.7. The van der Waals surface area contributed by atoms with Crippen LogP contribution in [-0.4, -0.2) is 60.9 Å². The second kappa shape index (κ2) is 9.77. The summed E-state index contributed by atoms with van der Waals surface area (Å²) in [5.41, 5.74) is 1.74. The van der Waals surface area contributed by atoms with E-state index in [4.69, 9.17) is 0 Å². The normalized spacial score (nSPS) is 18.1. The number of likely N-dealkylation sites (tertiary alicyclic amines) is 1. The van der Waals surface area contributed by atoms with Crippen molar-refractivity contribution < 1.29 is 9.59 Å². The third-order valence-corrected chi connectivity index (χ3v) is 5.79. The molecule has 5 heteroatoms. The van der Waals surface area contributed by atoms with Gasteiger partial charge in [0.15, 0.2) is 0 Å². The molecule has 0 saturated carbocycles. The topological polar surface area (TPSA) is 43.9 Å². The zero-order chi connectivity index (χ0) is 19.1. The number of rotatable bonds is 5. The molecule has 1 aromatic rings. The quantitative estimate of drug-likeness (QED) is 0.795. The van der Waals surface area contributed by atoms with Crippen LogP contribution in [-0.2, 0) is 4.79 Å². The number of nitrogens with zero attached hydrogens (tertiary/aromatic N) is 3. The number of hydrogen-bond donors (Lipinski definition) is 0. The van der Waals surface area contributed by atoms with E-state index in [0.717, 1.165) is 50.3 Å². The minimum absolute atomic E-state index is 0.0261. The highest BCUT2D eigenvalue weighted by molar-refractivity contribution is 6.01. The number of likely N-dealkylation sites (N-methyl/N-ethyl adjacent to an activating group) is 1. The molecule has 0 aromatic heterocycles. The summed E-state index contributed by atoms with van der Waals surface area (Å²) in [6.07, 6.45) is 8.15. The highest BCUT2D eigenvalue weighted by atomic mass is 16.2. The SMILES string of the molecule is CCN(CC(=O)N1CCCCCC1)C(=O)c1ccccc1N1CCCCC1. The number of carbonyl (C=O) groups is 2. The Labute approximate surface area is 163 Å². The Balaban J connectivity index is 1.72. The van der Waals surface area contributed by atoms with Crippen molar-refractivity contribution in [1.82, 2.24) is 9.80 Å². The lowest BCUT2D eigenvalue weighted by Gasteiger charge is -2.32. The fourth-order valence-electron chi connectivity index (χ4n) is 4.15. The maximum Gasteiger partial charge on any atom is 0.256 e. The second-order valence-electron chi connectivity index (χ2n) is 7.68. The average molecular weight is 372 g/mol. The Kier molecular flexibility index (Phi) is 7.13. The Morgan fingerprint density at radius 3 is 2.15 bits per heavy atom. The Hall–Kier alpha value is -2.04. The zero-order valence-electron chi connectivity index (χ0n) is 16.7. The number of anilines is 1. The molecule has 0 atom stereocenters. The highest BCUT2D eigenvalue weighted by Gasteiger charge is 2.25. The van der Waals surface area contributed by atoms with E-state index in [1.54, 1.807) is 4.90 Å².